The van der Waals surface area contributed by atoms with Crippen molar-refractivity contribution < 1.29 is 19.4 Å². The largest absolute Gasteiger partial charge is 0.496 e. The molecule has 0 heterocycles. The second-order valence-electron chi connectivity index (χ2n) is 4.53. The molecule has 0 aliphatic carbocycles. The fourth-order valence-corrected chi connectivity index (χ4v) is 2.03. The number of aliphatic hydroxyl groups excluding tert-OH is 1. The van der Waals surface area contributed by atoms with Crippen LogP contribution in [0, 0.1) is 5.92 Å². The molecule has 0 spiro atoms. The van der Waals surface area contributed by atoms with Gasteiger partial charge in [-0.15, -0.1) is 0 Å². The van der Waals surface area contributed by atoms with E-state index >= 15 is 0 Å². The third-order valence-corrected chi connectivity index (χ3v) is 3.32. The molecule has 1 aromatic carbocycles. The predicted octanol–water partition coefficient (Wildman–Crippen LogP) is 1.84. The predicted molar refractivity (Wildman–Crippen MR) is 77.4 cm³/mol. The lowest BCUT2D eigenvalue weighted by atomic mass is 10.0. The topological polar surface area (TPSA) is 67.8 Å². The van der Waals surface area contributed by atoms with Crippen LogP contribution in [0.3, 0.4) is 0 Å². The molecule has 5 nitrogen and oxygen atoms in total. The summed E-state index contributed by atoms with van der Waals surface area (Å²) in [6.07, 6.45) is 1.59. The van der Waals surface area contributed by atoms with Gasteiger partial charge in [-0.25, -0.2) is 0 Å². The van der Waals surface area contributed by atoms with Crippen LogP contribution in [0.2, 0.25) is 0 Å². The lowest BCUT2D eigenvalue weighted by molar-refractivity contribution is 0.0937. The molecule has 20 heavy (non-hydrogen) atoms. The number of methoxy groups -OCH3 is 2. The Labute approximate surface area is 119 Å². The van der Waals surface area contributed by atoms with Gasteiger partial charge in [0.05, 0.1) is 14.2 Å². The Morgan fingerprint density at radius 1 is 1.30 bits per heavy atom. The van der Waals surface area contributed by atoms with Crippen molar-refractivity contribution in [2.75, 3.05) is 27.4 Å². The third kappa shape index (κ3) is 4.13. The molecule has 1 amide bonds. The third-order valence-electron chi connectivity index (χ3n) is 3.32. The SMILES string of the molecule is CCC(CCO)CNC(=O)c1c(OC)cccc1OC. The number of carbonyl (C=O) groups is 1. The minimum atomic E-state index is -0.226. The molecule has 0 saturated heterocycles. The zero-order chi connectivity index (χ0) is 15.0. The summed E-state index contributed by atoms with van der Waals surface area (Å²) < 4.78 is 10.4. The Kier molecular flexibility index (Phi) is 6.87. The molecule has 0 radical (unpaired) electrons. The molecule has 1 aromatic rings. The van der Waals surface area contributed by atoms with E-state index in [0.717, 1.165) is 6.42 Å². The highest BCUT2D eigenvalue weighted by Crippen LogP contribution is 2.28. The summed E-state index contributed by atoms with van der Waals surface area (Å²) in [6, 6.07) is 5.22. The lowest BCUT2D eigenvalue weighted by Crippen LogP contribution is -2.30. The number of carbonyl (C=O) groups excluding carboxylic acids is 1. The molecular formula is C15H23NO4. The molecule has 5 heteroatoms. The fraction of sp³-hybridized carbons (Fsp3) is 0.533. The first-order chi connectivity index (χ1) is 9.67. The van der Waals surface area contributed by atoms with Crippen LogP contribution >= 0.6 is 0 Å². The highest BCUT2D eigenvalue weighted by molar-refractivity contribution is 5.99. The summed E-state index contributed by atoms with van der Waals surface area (Å²) in [5.74, 6) is 1.01. The summed E-state index contributed by atoms with van der Waals surface area (Å²) in [7, 11) is 3.04. The van der Waals surface area contributed by atoms with E-state index in [1.807, 2.05) is 6.92 Å². The fourth-order valence-electron chi connectivity index (χ4n) is 2.03. The van der Waals surface area contributed by atoms with Crippen LogP contribution in [-0.2, 0) is 0 Å². The van der Waals surface area contributed by atoms with Crippen molar-refractivity contribution in [1.82, 2.24) is 5.32 Å². The van der Waals surface area contributed by atoms with Gasteiger partial charge in [-0.3, -0.25) is 4.79 Å². The van der Waals surface area contributed by atoms with Crippen LogP contribution in [0.15, 0.2) is 18.2 Å². The van der Waals surface area contributed by atoms with Crippen LogP contribution in [0.4, 0.5) is 0 Å². The molecule has 1 rings (SSSR count). The Morgan fingerprint density at radius 2 is 1.90 bits per heavy atom. The number of ether oxygens (including phenoxy) is 2. The van der Waals surface area contributed by atoms with Gasteiger partial charge in [-0.05, 0) is 24.5 Å². The quantitative estimate of drug-likeness (QED) is 0.763. The molecule has 0 fully saturated rings. The zero-order valence-corrected chi connectivity index (χ0v) is 12.3. The molecule has 112 valence electrons. The van der Waals surface area contributed by atoms with Gasteiger partial charge < -0.3 is 19.9 Å². The summed E-state index contributed by atoms with van der Waals surface area (Å²) >= 11 is 0. The van der Waals surface area contributed by atoms with Crippen LogP contribution in [-0.4, -0.2) is 38.4 Å². The maximum atomic E-state index is 12.3. The highest BCUT2D eigenvalue weighted by atomic mass is 16.5. The first-order valence-corrected chi connectivity index (χ1v) is 6.77. The Hall–Kier alpha value is -1.75. The van der Waals surface area contributed by atoms with Gasteiger partial charge in [0, 0.05) is 13.2 Å². The van der Waals surface area contributed by atoms with E-state index in [0.29, 0.717) is 30.0 Å². The van der Waals surface area contributed by atoms with Crippen LogP contribution in [0.25, 0.3) is 0 Å². The standard InChI is InChI=1S/C15H23NO4/c1-4-11(8-9-17)10-16-15(18)14-12(19-2)6-5-7-13(14)20-3/h5-7,11,17H,4,8-10H2,1-3H3,(H,16,18). The molecule has 0 bridgehead atoms. The Balaban J connectivity index is 2.81. The van der Waals surface area contributed by atoms with Crippen molar-refractivity contribution >= 4 is 5.91 Å². The average molecular weight is 281 g/mol. The smallest absolute Gasteiger partial charge is 0.258 e. The van der Waals surface area contributed by atoms with Crippen molar-refractivity contribution in [3.05, 3.63) is 23.8 Å². The minimum absolute atomic E-state index is 0.131. The number of aliphatic hydroxyl groups is 1. The number of hydrogen-bond donors (Lipinski definition) is 2. The average Bonchev–Trinajstić information content (AvgIpc) is 2.49. The van der Waals surface area contributed by atoms with E-state index in [-0.39, 0.29) is 18.4 Å². The van der Waals surface area contributed by atoms with Crippen molar-refractivity contribution in [2.45, 2.75) is 19.8 Å². The Morgan fingerprint density at radius 3 is 2.35 bits per heavy atom. The van der Waals surface area contributed by atoms with E-state index in [4.69, 9.17) is 14.6 Å². The van der Waals surface area contributed by atoms with Crippen molar-refractivity contribution in [3.63, 3.8) is 0 Å². The number of amides is 1. The monoisotopic (exact) mass is 281 g/mol. The van der Waals surface area contributed by atoms with Gasteiger partial charge in [-0.2, -0.15) is 0 Å². The van der Waals surface area contributed by atoms with E-state index in [9.17, 15) is 4.79 Å². The van der Waals surface area contributed by atoms with Gasteiger partial charge in [0.1, 0.15) is 17.1 Å². The summed E-state index contributed by atoms with van der Waals surface area (Å²) in [6.45, 7) is 2.69. The van der Waals surface area contributed by atoms with Crippen molar-refractivity contribution in [2.24, 2.45) is 5.92 Å². The second kappa shape index (κ2) is 8.43. The molecule has 1 atom stereocenters. The highest BCUT2D eigenvalue weighted by Gasteiger charge is 2.18. The van der Waals surface area contributed by atoms with Gasteiger partial charge in [-0.1, -0.05) is 19.4 Å². The van der Waals surface area contributed by atoms with E-state index in [1.54, 1.807) is 18.2 Å². The van der Waals surface area contributed by atoms with Gasteiger partial charge in [0.2, 0.25) is 0 Å². The van der Waals surface area contributed by atoms with Crippen molar-refractivity contribution in [3.8, 4) is 11.5 Å². The molecule has 0 aromatic heterocycles. The number of benzene rings is 1. The molecule has 0 saturated carbocycles. The Bertz CT molecular complexity index is 412. The maximum Gasteiger partial charge on any atom is 0.258 e. The molecule has 2 N–H and O–H groups in total. The van der Waals surface area contributed by atoms with Crippen LogP contribution < -0.4 is 14.8 Å². The second-order valence-corrected chi connectivity index (χ2v) is 4.53. The van der Waals surface area contributed by atoms with Gasteiger partial charge in [0.15, 0.2) is 0 Å². The van der Waals surface area contributed by atoms with E-state index in [1.165, 1.54) is 14.2 Å². The summed E-state index contributed by atoms with van der Waals surface area (Å²) in [4.78, 5) is 12.3. The van der Waals surface area contributed by atoms with Gasteiger partial charge >= 0.3 is 0 Å². The first kappa shape index (κ1) is 16.3. The van der Waals surface area contributed by atoms with E-state index in [2.05, 4.69) is 5.32 Å². The number of rotatable bonds is 8. The molecular weight excluding hydrogens is 258 g/mol. The lowest BCUT2D eigenvalue weighted by Gasteiger charge is -2.16. The van der Waals surface area contributed by atoms with Crippen LogP contribution in [0.5, 0.6) is 11.5 Å². The minimum Gasteiger partial charge on any atom is -0.496 e. The maximum absolute atomic E-state index is 12.3. The van der Waals surface area contributed by atoms with Gasteiger partial charge in [0.25, 0.3) is 5.91 Å². The first-order valence-electron chi connectivity index (χ1n) is 6.77. The van der Waals surface area contributed by atoms with E-state index < -0.39 is 0 Å². The van der Waals surface area contributed by atoms with Crippen LogP contribution in [0.1, 0.15) is 30.1 Å². The molecule has 1 unspecified atom stereocenters. The number of nitrogens with one attached hydrogen (secondary N) is 1. The summed E-state index contributed by atoms with van der Waals surface area (Å²) in [5.41, 5.74) is 0.399. The molecule has 0 aliphatic heterocycles. The zero-order valence-electron chi connectivity index (χ0n) is 12.3. The normalized spacial score (nSPS) is 11.8. The summed E-state index contributed by atoms with van der Waals surface area (Å²) in [5, 5.41) is 11.8. The van der Waals surface area contributed by atoms with Crippen molar-refractivity contribution in [1.29, 1.82) is 0 Å². The number of hydrogen-bond acceptors (Lipinski definition) is 4. The molecule has 0 aliphatic rings.